The van der Waals surface area contributed by atoms with Gasteiger partial charge >= 0.3 is 5.97 Å². The summed E-state index contributed by atoms with van der Waals surface area (Å²) >= 11 is 0. The average Bonchev–Trinajstić information content (AvgIpc) is 2.94. The Morgan fingerprint density at radius 3 is 2.67 bits per heavy atom. The molecule has 1 aliphatic carbocycles. The predicted octanol–water partition coefficient (Wildman–Crippen LogP) is 2.73. The molecule has 0 aromatic rings. The molecule has 4 atom stereocenters. The number of nitrogens with zero attached hydrogens (tertiary/aromatic N) is 1. The highest BCUT2D eigenvalue weighted by Gasteiger charge is 2.41. The summed E-state index contributed by atoms with van der Waals surface area (Å²) in [6.45, 7) is 5.40. The van der Waals surface area contributed by atoms with Gasteiger partial charge in [-0.3, -0.25) is 9.69 Å². The molecule has 122 valence electrons. The molecule has 1 aliphatic heterocycles. The van der Waals surface area contributed by atoms with Gasteiger partial charge in [0, 0.05) is 12.0 Å². The molecular formula is C17H31NO3. The summed E-state index contributed by atoms with van der Waals surface area (Å²) in [4.78, 5) is 14.7. The van der Waals surface area contributed by atoms with Crippen molar-refractivity contribution in [1.82, 2.24) is 4.90 Å². The Kier molecular flexibility index (Phi) is 6.49. The van der Waals surface area contributed by atoms with Gasteiger partial charge in [-0.05, 0) is 45.6 Å². The first-order valence-electron chi connectivity index (χ1n) is 8.79. The van der Waals surface area contributed by atoms with Gasteiger partial charge < -0.3 is 9.84 Å². The highest BCUT2D eigenvalue weighted by atomic mass is 16.5. The van der Waals surface area contributed by atoms with E-state index in [2.05, 4.69) is 11.8 Å². The van der Waals surface area contributed by atoms with E-state index >= 15 is 0 Å². The van der Waals surface area contributed by atoms with Crippen molar-refractivity contribution < 1.29 is 14.6 Å². The van der Waals surface area contributed by atoms with Crippen molar-refractivity contribution in [1.29, 1.82) is 0 Å². The number of esters is 1. The Hall–Kier alpha value is -0.610. The molecule has 2 rings (SSSR count). The molecule has 2 aliphatic rings. The molecule has 0 aromatic carbocycles. The van der Waals surface area contributed by atoms with Gasteiger partial charge in [0.25, 0.3) is 0 Å². The minimum absolute atomic E-state index is 0.0726. The molecule has 4 nitrogen and oxygen atoms in total. The second-order valence-electron chi connectivity index (χ2n) is 6.52. The zero-order valence-electron chi connectivity index (χ0n) is 13.6. The quantitative estimate of drug-likeness (QED) is 0.766. The van der Waals surface area contributed by atoms with Gasteiger partial charge in [-0.2, -0.15) is 0 Å². The summed E-state index contributed by atoms with van der Waals surface area (Å²) in [5.74, 6) is 0.270. The molecule has 2 fully saturated rings. The zero-order chi connectivity index (χ0) is 15.2. The minimum Gasteiger partial charge on any atom is -0.465 e. The first kappa shape index (κ1) is 16.8. The van der Waals surface area contributed by atoms with Crippen molar-refractivity contribution >= 4 is 5.97 Å². The van der Waals surface area contributed by atoms with Crippen LogP contribution in [0.15, 0.2) is 0 Å². The van der Waals surface area contributed by atoms with Crippen molar-refractivity contribution in [3.05, 3.63) is 0 Å². The number of aliphatic hydroxyl groups is 1. The summed E-state index contributed by atoms with van der Waals surface area (Å²) in [5.41, 5.74) is 0. The maximum absolute atomic E-state index is 12.3. The molecule has 1 heterocycles. The third-order valence-electron chi connectivity index (χ3n) is 5.14. The number of carbonyl (C=O) groups excluding carboxylic acids is 1. The summed E-state index contributed by atoms with van der Waals surface area (Å²) in [6.07, 6.45) is 8.28. The lowest BCUT2D eigenvalue weighted by Gasteiger charge is -2.39. The molecule has 1 saturated heterocycles. The molecule has 0 spiro atoms. The lowest BCUT2D eigenvalue weighted by molar-refractivity contribution is -0.151. The summed E-state index contributed by atoms with van der Waals surface area (Å²) in [7, 11) is 0. The van der Waals surface area contributed by atoms with Crippen LogP contribution in [0.1, 0.15) is 65.2 Å². The fourth-order valence-corrected chi connectivity index (χ4v) is 4.18. The predicted molar refractivity (Wildman–Crippen MR) is 83.0 cm³/mol. The van der Waals surface area contributed by atoms with Crippen LogP contribution in [0.25, 0.3) is 0 Å². The minimum atomic E-state index is -0.186. The number of hydrogen-bond acceptors (Lipinski definition) is 4. The lowest BCUT2D eigenvalue weighted by atomic mass is 9.80. The van der Waals surface area contributed by atoms with Crippen LogP contribution < -0.4 is 0 Å². The van der Waals surface area contributed by atoms with Crippen LogP contribution >= 0.6 is 0 Å². The summed E-state index contributed by atoms with van der Waals surface area (Å²) < 4.78 is 5.29. The van der Waals surface area contributed by atoms with Gasteiger partial charge in [-0.15, -0.1) is 0 Å². The highest BCUT2D eigenvalue weighted by Crippen LogP contribution is 2.36. The van der Waals surface area contributed by atoms with Crippen molar-refractivity contribution in [3.63, 3.8) is 0 Å². The van der Waals surface area contributed by atoms with E-state index in [0.29, 0.717) is 18.6 Å². The van der Waals surface area contributed by atoms with Crippen molar-refractivity contribution in [3.8, 4) is 0 Å². The van der Waals surface area contributed by atoms with Crippen LogP contribution in [0.3, 0.4) is 0 Å². The van der Waals surface area contributed by atoms with Crippen LogP contribution in [-0.2, 0) is 9.53 Å². The second-order valence-corrected chi connectivity index (χ2v) is 6.52. The maximum Gasteiger partial charge on any atom is 0.323 e. The zero-order valence-corrected chi connectivity index (χ0v) is 13.6. The molecule has 0 radical (unpaired) electrons. The van der Waals surface area contributed by atoms with E-state index in [-0.39, 0.29) is 18.1 Å². The molecule has 4 heteroatoms. The van der Waals surface area contributed by atoms with Gasteiger partial charge in [0.1, 0.15) is 6.04 Å². The van der Waals surface area contributed by atoms with E-state index in [1.807, 2.05) is 6.92 Å². The van der Waals surface area contributed by atoms with Gasteiger partial charge in [0.05, 0.1) is 12.7 Å². The van der Waals surface area contributed by atoms with E-state index < -0.39 is 0 Å². The SMILES string of the molecule is CCCC(C(=O)OCC)N1CCCC1C1CCCCC1O. The van der Waals surface area contributed by atoms with Crippen LogP contribution in [0.2, 0.25) is 0 Å². The lowest BCUT2D eigenvalue weighted by Crippen LogP contribution is -2.50. The topological polar surface area (TPSA) is 49.8 Å². The Morgan fingerprint density at radius 2 is 2.00 bits per heavy atom. The van der Waals surface area contributed by atoms with Gasteiger partial charge in [0.15, 0.2) is 0 Å². The first-order valence-corrected chi connectivity index (χ1v) is 8.79. The number of rotatable bonds is 6. The Bertz CT molecular complexity index is 334. The van der Waals surface area contributed by atoms with E-state index in [0.717, 1.165) is 51.5 Å². The molecule has 21 heavy (non-hydrogen) atoms. The second kappa shape index (κ2) is 8.14. The molecule has 0 amide bonds. The molecular weight excluding hydrogens is 266 g/mol. The molecule has 4 unspecified atom stereocenters. The van der Waals surface area contributed by atoms with Gasteiger partial charge in [-0.25, -0.2) is 0 Å². The number of likely N-dealkylation sites (tertiary alicyclic amines) is 1. The van der Waals surface area contributed by atoms with E-state index in [9.17, 15) is 9.90 Å². The fourth-order valence-electron chi connectivity index (χ4n) is 4.18. The normalized spacial score (nSPS) is 32.0. The van der Waals surface area contributed by atoms with Crippen LogP contribution in [0, 0.1) is 5.92 Å². The summed E-state index contributed by atoms with van der Waals surface area (Å²) in [5, 5.41) is 10.4. The molecule has 0 aromatic heterocycles. The third kappa shape index (κ3) is 3.98. The molecule has 0 bridgehead atoms. The van der Waals surface area contributed by atoms with Crippen LogP contribution in [0.5, 0.6) is 0 Å². The standard InChI is InChI=1S/C17H31NO3/c1-3-8-15(17(20)21-4-2)18-12-7-10-14(18)13-9-5-6-11-16(13)19/h13-16,19H,3-12H2,1-2H3. The van der Waals surface area contributed by atoms with Crippen LogP contribution in [0.4, 0.5) is 0 Å². The highest BCUT2D eigenvalue weighted by molar-refractivity contribution is 5.75. The summed E-state index contributed by atoms with van der Waals surface area (Å²) in [6, 6.07) is 0.248. The maximum atomic E-state index is 12.3. The van der Waals surface area contributed by atoms with Crippen molar-refractivity contribution in [2.45, 2.75) is 83.4 Å². The largest absolute Gasteiger partial charge is 0.465 e. The van der Waals surface area contributed by atoms with E-state index in [4.69, 9.17) is 4.74 Å². The Labute approximate surface area is 128 Å². The number of carbonyl (C=O) groups is 1. The smallest absolute Gasteiger partial charge is 0.323 e. The number of aliphatic hydroxyl groups excluding tert-OH is 1. The van der Waals surface area contributed by atoms with Gasteiger partial charge in [-0.1, -0.05) is 26.2 Å². The molecule has 1 N–H and O–H groups in total. The van der Waals surface area contributed by atoms with E-state index in [1.165, 1.54) is 6.42 Å². The fraction of sp³-hybridized carbons (Fsp3) is 0.941. The van der Waals surface area contributed by atoms with Gasteiger partial charge in [0.2, 0.25) is 0 Å². The third-order valence-corrected chi connectivity index (χ3v) is 5.14. The van der Waals surface area contributed by atoms with Crippen molar-refractivity contribution in [2.75, 3.05) is 13.2 Å². The Balaban J connectivity index is 2.08. The number of hydrogen-bond donors (Lipinski definition) is 1. The Morgan fingerprint density at radius 1 is 1.24 bits per heavy atom. The first-order chi connectivity index (χ1) is 10.2. The molecule has 1 saturated carbocycles. The average molecular weight is 297 g/mol. The number of ether oxygens (including phenoxy) is 1. The van der Waals surface area contributed by atoms with Crippen LogP contribution in [-0.4, -0.2) is 47.3 Å². The van der Waals surface area contributed by atoms with E-state index in [1.54, 1.807) is 0 Å². The van der Waals surface area contributed by atoms with Crippen molar-refractivity contribution in [2.24, 2.45) is 5.92 Å². The monoisotopic (exact) mass is 297 g/mol.